The zero-order valence-corrected chi connectivity index (χ0v) is 15.8. The Kier molecular flexibility index (Phi) is 6.16. The third kappa shape index (κ3) is 4.88. The molecule has 0 aromatic heterocycles. The first kappa shape index (κ1) is 17.4. The average Bonchev–Trinajstić information content (AvgIpc) is 2.17. The second-order valence-corrected chi connectivity index (χ2v) is 17.1. The zero-order chi connectivity index (χ0) is 13.9. The van der Waals surface area contributed by atoms with E-state index < -0.39 is 17.4 Å². The van der Waals surface area contributed by atoms with Gasteiger partial charge in [0.1, 0.15) is 0 Å². The fraction of sp³-hybridized carbons (Fsp3) is 1.00. The Morgan fingerprint density at radius 1 is 0.765 bits per heavy atom. The van der Waals surface area contributed by atoms with Crippen LogP contribution in [0.5, 0.6) is 0 Å². The van der Waals surface area contributed by atoms with E-state index in [0.717, 1.165) is 0 Å². The van der Waals surface area contributed by atoms with Gasteiger partial charge in [0.15, 0.2) is 17.4 Å². The fourth-order valence-electron chi connectivity index (χ4n) is 2.90. The second kappa shape index (κ2) is 6.02. The van der Waals surface area contributed by atoms with Gasteiger partial charge in [-0.2, -0.15) is 0 Å². The lowest BCUT2D eigenvalue weighted by Gasteiger charge is -2.45. The summed E-state index contributed by atoms with van der Waals surface area (Å²) in [4.78, 5) is 0. The number of hydrogen-bond acceptors (Lipinski definition) is 1. The van der Waals surface area contributed by atoms with Crippen LogP contribution in [0.1, 0.15) is 62.3 Å². The average molecular weight is 275 g/mol. The minimum absolute atomic E-state index is 0.357. The zero-order valence-electron chi connectivity index (χ0n) is 13.6. The Balaban J connectivity index is 5.12. The van der Waals surface area contributed by atoms with Crippen LogP contribution in [0.2, 0.25) is 28.2 Å². The summed E-state index contributed by atoms with van der Waals surface area (Å²) >= 11 is 0. The van der Waals surface area contributed by atoms with Crippen LogP contribution in [0.4, 0.5) is 0 Å². The van der Waals surface area contributed by atoms with Gasteiger partial charge in [0.05, 0.1) is 0 Å². The molecule has 0 radical (unpaired) electrons. The molecular weight excluding hydrogens is 240 g/mol. The third-order valence-corrected chi connectivity index (χ3v) is 13.8. The van der Waals surface area contributed by atoms with Crippen molar-refractivity contribution in [1.82, 2.24) is 0 Å². The smallest absolute Gasteiger partial charge is 0.178 e. The fourth-order valence-corrected chi connectivity index (χ4v) is 13.8. The summed E-state index contributed by atoms with van der Waals surface area (Å²) in [5, 5.41) is 0.714. The lowest BCUT2D eigenvalue weighted by Crippen LogP contribution is -2.49. The first-order valence-electron chi connectivity index (χ1n) is 7.20. The highest BCUT2D eigenvalue weighted by molar-refractivity contribution is 6.81. The molecule has 0 spiro atoms. The van der Waals surface area contributed by atoms with Gasteiger partial charge in [-0.25, -0.2) is 0 Å². The largest absolute Gasteiger partial charge is 0.457 e. The van der Waals surface area contributed by atoms with E-state index in [4.69, 9.17) is 4.12 Å². The van der Waals surface area contributed by atoms with Gasteiger partial charge in [0.25, 0.3) is 0 Å². The van der Waals surface area contributed by atoms with Crippen molar-refractivity contribution in [2.24, 2.45) is 0 Å². The highest BCUT2D eigenvalue weighted by Crippen LogP contribution is 2.44. The van der Waals surface area contributed by atoms with Gasteiger partial charge >= 0.3 is 0 Å². The molecule has 3 heteroatoms. The molecule has 0 aliphatic carbocycles. The van der Waals surface area contributed by atoms with Crippen molar-refractivity contribution in [3.63, 3.8) is 0 Å². The lowest BCUT2D eigenvalue weighted by molar-refractivity contribution is 0.447. The van der Waals surface area contributed by atoms with Gasteiger partial charge in [0.2, 0.25) is 0 Å². The van der Waals surface area contributed by atoms with Crippen LogP contribution in [0, 0.1) is 0 Å². The summed E-state index contributed by atoms with van der Waals surface area (Å²) in [5.41, 5.74) is 0. The molecular formula is C14H34OSi2. The van der Waals surface area contributed by atoms with E-state index in [2.05, 4.69) is 62.3 Å². The van der Waals surface area contributed by atoms with Crippen LogP contribution in [0.3, 0.4) is 0 Å². The topological polar surface area (TPSA) is 9.23 Å². The summed E-state index contributed by atoms with van der Waals surface area (Å²) < 4.78 is 6.89. The van der Waals surface area contributed by atoms with Crippen molar-refractivity contribution in [3.8, 4) is 0 Å². The van der Waals surface area contributed by atoms with Crippen LogP contribution in [0.25, 0.3) is 0 Å². The highest BCUT2D eigenvalue weighted by Gasteiger charge is 2.43. The molecule has 1 nitrogen and oxygen atoms in total. The third-order valence-electron chi connectivity index (χ3n) is 3.87. The van der Waals surface area contributed by atoms with E-state index in [0.29, 0.717) is 10.1 Å². The van der Waals surface area contributed by atoms with Crippen molar-refractivity contribution >= 4 is 17.4 Å². The summed E-state index contributed by atoms with van der Waals surface area (Å²) in [6.07, 6.45) is 0. The Bertz CT molecular complexity index is 199. The summed E-state index contributed by atoms with van der Waals surface area (Å²) in [5.74, 6) is 0. The van der Waals surface area contributed by atoms with E-state index in [-0.39, 0.29) is 0 Å². The first-order valence-corrected chi connectivity index (χ1v) is 11.4. The van der Waals surface area contributed by atoms with Crippen LogP contribution in [0.15, 0.2) is 0 Å². The maximum atomic E-state index is 6.89. The van der Waals surface area contributed by atoms with Crippen molar-refractivity contribution in [2.75, 3.05) is 0 Å². The predicted octanol–water partition coefficient (Wildman–Crippen LogP) is 5.33. The van der Waals surface area contributed by atoms with Gasteiger partial charge < -0.3 is 4.12 Å². The second-order valence-electron chi connectivity index (χ2n) is 7.47. The summed E-state index contributed by atoms with van der Waals surface area (Å²) in [6.45, 7) is 21.2. The standard InChI is InChI=1S/C14H34OSi2/c1-10-17(11-2,12-3)15-16(13(4,5)6)14(7,8)9/h16H,10-12H2,1-9H3. The molecule has 0 aliphatic heterocycles. The van der Waals surface area contributed by atoms with Crippen molar-refractivity contribution in [1.29, 1.82) is 0 Å². The predicted molar refractivity (Wildman–Crippen MR) is 84.9 cm³/mol. The van der Waals surface area contributed by atoms with Gasteiger partial charge in [-0.1, -0.05) is 62.3 Å². The summed E-state index contributed by atoms with van der Waals surface area (Å²) in [7, 11) is -2.66. The molecule has 0 saturated carbocycles. The number of rotatable bonds is 5. The van der Waals surface area contributed by atoms with Gasteiger partial charge in [-0.05, 0) is 28.2 Å². The monoisotopic (exact) mass is 274 g/mol. The molecule has 0 atom stereocenters. The van der Waals surface area contributed by atoms with Gasteiger partial charge in [0, 0.05) is 0 Å². The maximum Gasteiger partial charge on any atom is 0.178 e. The van der Waals surface area contributed by atoms with E-state index in [1.807, 2.05) is 0 Å². The van der Waals surface area contributed by atoms with Crippen molar-refractivity contribution in [2.45, 2.75) is 90.5 Å². The van der Waals surface area contributed by atoms with Gasteiger partial charge in [-0.15, -0.1) is 0 Å². The molecule has 0 unspecified atom stereocenters. The van der Waals surface area contributed by atoms with Crippen LogP contribution in [-0.2, 0) is 4.12 Å². The minimum Gasteiger partial charge on any atom is -0.457 e. The van der Waals surface area contributed by atoms with Crippen molar-refractivity contribution < 1.29 is 4.12 Å². The molecule has 0 fully saturated rings. The Morgan fingerprint density at radius 2 is 1.06 bits per heavy atom. The molecule has 0 saturated heterocycles. The molecule has 104 valence electrons. The Morgan fingerprint density at radius 3 is 1.24 bits per heavy atom. The molecule has 0 aromatic carbocycles. The number of hydrogen-bond donors (Lipinski definition) is 0. The van der Waals surface area contributed by atoms with E-state index in [1.165, 1.54) is 18.1 Å². The van der Waals surface area contributed by atoms with Crippen LogP contribution in [-0.4, -0.2) is 17.4 Å². The molecule has 0 aliphatic rings. The Hall–Kier alpha value is 0.394. The normalized spacial score (nSPS) is 14.5. The van der Waals surface area contributed by atoms with Crippen LogP contribution >= 0.6 is 0 Å². The van der Waals surface area contributed by atoms with Crippen LogP contribution < -0.4 is 0 Å². The van der Waals surface area contributed by atoms with E-state index >= 15 is 0 Å². The Labute approximate surface area is 112 Å². The quantitative estimate of drug-likeness (QED) is 0.616. The molecule has 0 rings (SSSR count). The molecule has 0 bridgehead atoms. The minimum atomic E-state index is -1.44. The molecule has 17 heavy (non-hydrogen) atoms. The van der Waals surface area contributed by atoms with Gasteiger partial charge in [-0.3, -0.25) is 0 Å². The van der Waals surface area contributed by atoms with E-state index in [9.17, 15) is 0 Å². The highest BCUT2D eigenvalue weighted by atomic mass is 28.4. The van der Waals surface area contributed by atoms with Crippen molar-refractivity contribution in [3.05, 3.63) is 0 Å². The molecule has 0 N–H and O–H groups in total. The maximum absolute atomic E-state index is 6.89. The summed E-state index contributed by atoms with van der Waals surface area (Å²) in [6, 6.07) is 3.82. The van der Waals surface area contributed by atoms with E-state index in [1.54, 1.807) is 0 Å². The lowest BCUT2D eigenvalue weighted by atomic mass is 10.2. The molecule has 0 aromatic rings. The molecule has 0 heterocycles. The SMILES string of the molecule is CC[Si](CC)(CC)O[SiH](C(C)(C)C)C(C)(C)C. The molecule has 0 amide bonds. The first-order chi connectivity index (χ1) is 7.52.